The van der Waals surface area contributed by atoms with Crippen LogP contribution in [0.2, 0.25) is 0 Å². The van der Waals surface area contributed by atoms with Crippen molar-refractivity contribution in [1.82, 2.24) is 24.2 Å². The lowest BCUT2D eigenvalue weighted by Gasteiger charge is -2.45. The molecule has 9 heteroatoms. The van der Waals surface area contributed by atoms with Crippen LogP contribution < -0.4 is 0 Å². The molecule has 2 atom stereocenters. The van der Waals surface area contributed by atoms with Gasteiger partial charge in [-0.15, -0.1) is 0 Å². The van der Waals surface area contributed by atoms with Crippen LogP contribution in [0, 0.1) is 0 Å². The number of hydrogen-bond donors (Lipinski definition) is 1. The van der Waals surface area contributed by atoms with Gasteiger partial charge in [0.25, 0.3) is 0 Å². The summed E-state index contributed by atoms with van der Waals surface area (Å²) >= 11 is 3.46. The van der Waals surface area contributed by atoms with Crippen molar-refractivity contribution < 1.29 is 14.7 Å². The normalized spacial score (nSPS) is 24.3. The predicted octanol–water partition coefficient (Wildman–Crippen LogP) is 1.56. The minimum absolute atomic E-state index is 0.0333. The SMILES string of the molecule is O=C(O)N1CC(=O)N2CC(c3nc(Br)n4ccncc34)CCC2C1. The second-order valence-electron chi connectivity index (χ2n) is 6.23. The molecule has 2 aromatic rings. The molecular weight excluding hydrogens is 378 g/mol. The molecule has 2 aliphatic rings. The Bertz CT molecular complexity index is 823. The van der Waals surface area contributed by atoms with Gasteiger partial charge >= 0.3 is 6.09 Å². The van der Waals surface area contributed by atoms with Crippen LogP contribution in [0.4, 0.5) is 4.79 Å². The molecule has 0 aromatic carbocycles. The van der Waals surface area contributed by atoms with Gasteiger partial charge in [-0.3, -0.25) is 19.1 Å². The zero-order chi connectivity index (χ0) is 16.8. The third kappa shape index (κ3) is 2.43. The first-order chi connectivity index (χ1) is 11.5. The zero-order valence-corrected chi connectivity index (χ0v) is 14.4. The highest BCUT2D eigenvalue weighted by molar-refractivity contribution is 9.10. The first-order valence-electron chi connectivity index (χ1n) is 7.79. The second kappa shape index (κ2) is 5.73. The molecule has 2 amide bonds. The number of piperidine rings is 1. The largest absolute Gasteiger partial charge is 0.465 e. The molecule has 0 aliphatic carbocycles. The minimum Gasteiger partial charge on any atom is -0.465 e. The van der Waals surface area contributed by atoms with E-state index in [1.165, 1.54) is 4.90 Å². The van der Waals surface area contributed by atoms with Gasteiger partial charge in [0.05, 0.1) is 17.4 Å². The number of fused-ring (bicyclic) bond motifs is 2. The van der Waals surface area contributed by atoms with E-state index in [9.17, 15) is 9.59 Å². The van der Waals surface area contributed by atoms with Crippen molar-refractivity contribution in [2.45, 2.75) is 24.8 Å². The number of halogens is 1. The summed E-state index contributed by atoms with van der Waals surface area (Å²) in [6.45, 7) is 0.904. The number of imidazole rings is 1. The van der Waals surface area contributed by atoms with E-state index in [0.717, 1.165) is 28.8 Å². The molecule has 2 aliphatic heterocycles. The van der Waals surface area contributed by atoms with Gasteiger partial charge in [-0.05, 0) is 28.8 Å². The third-order valence-electron chi connectivity index (χ3n) is 4.87. The van der Waals surface area contributed by atoms with Crippen molar-refractivity contribution in [2.24, 2.45) is 0 Å². The first kappa shape index (κ1) is 15.4. The maximum atomic E-state index is 12.4. The van der Waals surface area contributed by atoms with Gasteiger partial charge in [-0.1, -0.05) is 0 Å². The quantitative estimate of drug-likeness (QED) is 0.793. The first-order valence-corrected chi connectivity index (χ1v) is 8.58. The Kier molecular flexibility index (Phi) is 3.67. The lowest BCUT2D eigenvalue weighted by molar-refractivity contribution is -0.141. The van der Waals surface area contributed by atoms with Crippen LogP contribution in [-0.4, -0.2) is 67.0 Å². The molecule has 0 saturated carbocycles. The standard InChI is InChI=1S/C15H16BrN5O3/c16-14-18-13(11-5-17-3-4-20(11)14)9-1-2-10-7-19(15(23)24)8-12(22)21(10)6-9/h3-5,9-10H,1-2,6-8H2,(H,23,24). The summed E-state index contributed by atoms with van der Waals surface area (Å²) in [5, 5.41) is 9.13. The van der Waals surface area contributed by atoms with Crippen molar-refractivity contribution in [3.63, 3.8) is 0 Å². The maximum absolute atomic E-state index is 12.4. The zero-order valence-electron chi connectivity index (χ0n) is 12.8. The summed E-state index contributed by atoms with van der Waals surface area (Å²) in [5.74, 6) is 0.00568. The van der Waals surface area contributed by atoms with Gasteiger partial charge in [0, 0.05) is 37.4 Å². The van der Waals surface area contributed by atoms with Gasteiger partial charge in [0.1, 0.15) is 6.54 Å². The highest BCUT2D eigenvalue weighted by Gasteiger charge is 2.39. The molecule has 4 heterocycles. The molecule has 2 saturated heterocycles. The van der Waals surface area contributed by atoms with Crippen LogP contribution in [0.1, 0.15) is 24.5 Å². The number of piperazine rings is 1. The molecule has 24 heavy (non-hydrogen) atoms. The Morgan fingerprint density at radius 3 is 2.96 bits per heavy atom. The van der Waals surface area contributed by atoms with Crippen molar-refractivity contribution in [1.29, 1.82) is 0 Å². The van der Waals surface area contributed by atoms with Gasteiger partial charge in [0.15, 0.2) is 4.73 Å². The predicted molar refractivity (Wildman–Crippen MR) is 87.8 cm³/mol. The molecule has 126 valence electrons. The molecule has 1 N–H and O–H groups in total. The fourth-order valence-corrected chi connectivity index (χ4v) is 4.19. The Labute approximate surface area is 146 Å². The highest BCUT2D eigenvalue weighted by atomic mass is 79.9. The fraction of sp³-hybridized carbons (Fsp3) is 0.467. The minimum atomic E-state index is -1.03. The number of carbonyl (C=O) groups excluding carboxylic acids is 1. The second-order valence-corrected chi connectivity index (χ2v) is 6.94. The van der Waals surface area contributed by atoms with E-state index in [4.69, 9.17) is 5.11 Å². The van der Waals surface area contributed by atoms with E-state index in [-0.39, 0.29) is 24.4 Å². The van der Waals surface area contributed by atoms with Crippen LogP contribution in [0.5, 0.6) is 0 Å². The molecule has 2 fully saturated rings. The number of carbonyl (C=O) groups is 2. The van der Waals surface area contributed by atoms with Crippen molar-refractivity contribution in [3.05, 3.63) is 29.0 Å². The smallest absolute Gasteiger partial charge is 0.407 e. The third-order valence-corrected chi connectivity index (χ3v) is 5.43. The molecule has 8 nitrogen and oxygen atoms in total. The van der Waals surface area contributed by atoms with Crippen LogP contribution in [0.25, 0.3) is 5.52 Å². The number of aromatic nitrogens is 3. The van der Waals surface area contributed by atoms with Crippen molar-refractivity contribution in [2.75, 3.05) is 19.6 Å². The van der Waals surface area contributed by atoms with Crippen molar-refractivity contribution in [3.8, 4) is 0 Å². The number of carboxylic acid groups (broad SMARTS) is 1. The lowest BCUT2D eigenvalue weighted by atomic mass is 9.88. The maximum Gasteiger partial charge on any atom is 0.407 e. The summed E-state index contributed by atoms with van der Waals surface area (Å²) in [6.07, 6.45) is 5.95. The van der Waals surface area contributed by atoms with E-state index < -0.39 is 6.09 Å². The fourth-order valence-electron chi connectivity index (χ4n) is 3.69. The van der Waals surface area contributed by atoms with E-state index in [0.29, 0.717) is 13.1 Å². The van der Waals surface area contributed by atoms with E-state index in [1.54, 1.807) is 12.4 Å². The summed E-state index contributed by atoms with van der Waals surface area (Å²) in [6, 6.07) is -0.0333. The van der Waals surface area contributed by atoms with Gasteiger partial charge < -0.3 is 10.0 Å². The average molecular weight is 394 g/mol. The Morgan fingerprint density at radius 1 is 1.33 bits per heavy atom. The topological polar surface area (TPSA) is 91.0 Å². The van der Waals surface area contributed by atoms with Crippen LogP contribution in [0.15, 0.2) is 23.3 Å². The average Bonchev–Trinajstić information content (AvgIpc) is 2.92. The lowest BCUT2D eigenvalue weighted by Crippen LogP contribution is -2.60. The monoisotopic (exact) mass is 393 g/mol. The van der Waals surface area contributed by atoms with Gasteiger partial charge in [-0.2, -0.15) is 0 Å². The summed E-state index contributed by atoms with van der Waals surface area (Å²) in [4.78, 5) is 35.3. The number of rotatable bonds is 1. The number of hydrogen-bond acceptors (Lipinski definition) is 4. The van der Waals surface area contributed by atoms with E-state index >= 15 is 0 Å². The summed E-state index contributed by atoms with van der Waals surface area (Å²) in [5.41, 5.74) is 1.87. The Morgan fingerprint density at radius 2 is 2.17 bits per heavy atom. The highest BCUT2D eigenvalue weighted by Crippen LogP contribution is 2.34. The molecule has 0 bridgehead atoms. The molecule has 0 radical (unpaired) electrons. The van der Waals surface area contributed by atoms with E-state index in [2.05, 4.69) is 25.9 Å². The van der Waals surface area contributed by atoms with Crippen LogP contribution >= 0.6 is 15.9 Å². The Balaban J connectivity index is 1.60. The molecule has 4 rings (SSSR count). The van der Waals surface area contributed by atoms with Crippen LogP contribution in [0.3, 0.4) is 0 Å². The van der Waals surface area contributed by atoms with Gasteiger partial charge in [0.2, 0.25) is 5.91 Å². The molecular formula is C15H16BrN5O3. The Hall–Kier alpha value is -2.16. The molecule has 2 unspecified atom stereocenters. The van der Waals surface area contributed by atoms with Crippen molar-refractivity contribution >= 4 is 33.4 Å². The van der Waals surface area contributed by atoms with Gasteiger partial charge in [-0.25, -0.2) is 9.78 Å². The summed E-state index contributed by atoms with van der Waals surface area (Å²) in [7, 11) is 0. The molecule has 2 aromatic heterocycles. The number of nitrogens with zero attached hydrogens (tertiary/aromatic N) is 5. The van der Waals surface area contributed by atoms with Crippen LogP contribution in [-0.2, 0) is 4.79 Å². The number of amides is 2. The molecule has 0 spiro atoms. The van der Waals surface area contributed by atoms with E-state index in [1.807, 2.05) is 15.5 Å². The summed E-state index contributed by atoms with van der Waals surface area (Å²) < 4.78 is 2.65.